The Balaban J connectivity index is 3.06. The highest BCUT2D eigenvalue weighted by atomic mass is 16.6. The van der Waals surface area contributed by atoms with Gasteiger partial charge in [0.2, 0.25) is 5.91 Å². The van der Waals surface area contributed by atoms with Gasteiger partial charge in [-0.3, -0.25) is 9.59 Å². The third kappa shape index (κ3) is 9.78. The summed E-state index contributed by atoms with van der Waals surface area (Å²) in [7, 11) is 0. The molecule has 0 radical (unpaired) electrons. The number of alkyl carbamates (subject to hydrolysis) is 1. The quantitative estimate of drug-likeness (QED) is 0.437. The number of amides is 2. The molecule has 0 spiro atoms. The van der Waals surface area contributed by atoms with Gasteiger partial charge in [0, 0.05) is 0 Å². The third-order valence-electron chi connectivity index (χ3n) is 3.82. The zero-order chi connectivity index (χ0) is 24.7. The van der Waals surface area contributed by atoms with Crippen LogP contribution in [0.3, 0.4) is 0 Å². The lowest BCUT2D eigenvalue weighted by Crippen LogP contribution is -2.54. The van der Waals surface area contributed by atoms with Crippen molar-refractivity contribution in [2.75, 3.05) is 0 Å². The molecule has 4 N–H and O–H groups in total. The van der Waals surface area contributed by atoms with E-state index in [0.29, 0.717) is 0 Å². The smallest absolute Gasteiger partial charge is 0.408 e. The number of carboxylic acid groups (broad SMARTS) is 1. The molecule has 1 rings (SSSR count). The Labute approximate surface area is 187 Å². The van der Waals surface area contributed by atoms with Crippen LogP contribution in [-0.2, 0) is 23.9 Å². The summed E-state index contributed by atoms with van der Waals surface area (Å²) in [5, 5.41) is 24.4. The van der Waals surface area contributed by atoms with Crippen LogP contribution in [0.5, 0.6) is 0 Å². The number of carbonyl (C=O) groups is 4. The van der Waals surface area contributed by atoms with Gasteiger partial charge in [-0.2, -0.15) is 0 Å². The standard InChI is InChI=1S/C22H32N2O8/c1-21(2,3)31-15(25)12-14(23-20(30)32-22(4,5)6)18(27)24-16(19(28)29)17(26)13-10-8-7-9-11-13/h7-11,14,16-17,26H,12H2,1-6H3,(H,23,30)(H,24,27)(H,28,29). The van der Waals surface area contributed by atoms with Crippen molar-refractivity contribution in [2.45, 2.75) is 77.4 Å². The first kappa shape index (κ1) is 26.9. The van der Waals surface area contributed by atoms with Crippen LogP contribution in [0, 0.1) is 0 Å². The van der Waals surface area contributed by atoms with Crippen molar-refractivity contribution in [3.63, 3.8) is 0 Å². The van der Waals surface area contributed by atoms with Crippen LogP contribution < -0.4 is 10.6 Å². The fraction of sp³-hybridized carbons (Fsp3) is 0.545. The summed E-state index contributed by atoms with van der Waals surface area (Å²) >= 11 is 0. The predicted octanol–water partition coefficient (Wildman–Crippen LogP) is 1.91. The Hall–Kier alpha value is -3.14. The van der Waals surface area contributed by atoms with Gasteiger partial charge in [-0.1, -0.05) is 30.3 Å². The van der Waals surface area contributed by atoms with E-state index in [4.69, 9.17) is 9.47 Å². The van der Waals surface area contributed by atoms with Gasteiger partial charge in [-0.25, -0.2) is 9.59 Å². The van der Waals surface area contributed by atoms with Crippen LogP contribution >= 0.6 is 0 Å². The summed E-state index contributed by atoms with van der Waals surface area (Å²) in [6.07, 6.45) is -3.12. The van der Waals surface area contributed by atoms with Crippen LogP contribution in [-0.4, -0.2) is 57.4 Å². The molecular formula is C22H32N2O8. The zero-order valence-corrected chi connectivity index (χ0v) is 19.2. The number of hydrogen-bond acceptors (Lipinski definition) is 7. The first-order valence-corrected chi connectivity index (χ1v) is 10.1. The maximum atomic E-state index is 12.8. The second-order valence-electron chi connectivity index (χ2n) is 9.17. The summed E-state index contributed by atoms with van der Waals surface area (Å²) in [6, 6.07) is 4.68. The number of carboxylic acids is 1. The van der Waals surface area contributed by atoms with Crippen LogP contribution in [0.25, 0.3) is 0 Å². The molecule has 0 saturated heterocycles. The molecule has 3 atom stereocenters. The van der Waals surface area contributed by atoms with E-state index >= 15 is 0 Å². The lowest BCUT2D eigenvalue weighted by Gasteiger charge is -2.26. The number of aliphatic carboxylic acids is 1. The lowest BCUT2D eigenvalue weighted by molar-refractivity contribution is -0.156. The molecule has 10 nitrogen and oxygen atoms in total. The average Bonchev–Trinajstić information content (AvgIpc) is 2.62. The van der Waals surface area contributed by atoms with E-state index < -0.39 is 59.7 Å². The van der Waals surface area contributed by atoms with Gasteiger partial charge < -0.3 is 30.3 Å². The molecule has 2 amide bonds. The number of carbonyl (C=O) groups excluding carboxylic acids is 3. The molecule has 0 heterocycles. The lowest BCUT2D eigenvalue weighted by atomic mass is 10.0. The van der Waals surface area contributed by atoms with E-state index in [1.54, 1.807) is 59.7 Å². The number of aliphatic hydroxyl groups excluding tert-OH is 1. The monoisotopic (exact) mass is 452 g/mol. The van der Waals surface area contributed by atoms with Gasteiger partial charge >= 0.3 is 18.0 Å². The SMILES string of the molecule is CC(C)(C)OC(=O)CC(NC(=O)OC(C)(C)C)C(=O)NC(C(=O)O)C(O)c1ccccc1. The molecule has 0 aliphatic rings. The Morgan fingerprint density at radius 1 is 0.906 bits per heavy atom. The van der Waals surface area contributed by atoms with Crippen LogP contribution in [0.4, 0.5) is 4.79 Å². The molecule has 0 saturated carbocycles. The Kier molecular flexibility index (Phi) is 9.20. The van der Waals surface area contributed by atoms with E-state index in [-0.39, 0.29) is 5.56 Å². The molecule has 1 aromatic rings. The van der Waals surface area contributed by atoms with Crippen molar-refractivity contribution in [1.29, 1.82) is 0 Å². The summed E-state index contributed by atoms with van der Waals surface area (Å²) in [6.45, 7) is 9.76. The van der Waals surface area contributed by atoms with E-state index in [1.165, 1.54) is 12.1 Å². The second-order valence-corrected chi connectivity index (χ2v) is 9.17. The van der Waals surface area contributed by atoms with E-state index in [1.807, 2.05) is 0 Å². The number of esters is 1. The number of rotatable bonds is 8. The van der Waals surface area contributed by atoms with Gasteiger partial charge in [0.25, 0.3) is 0 Å². The minimum Gasteiger partial charge on any atom is -0.480 e. The molecule has 0 fully saturated rings. The number of ether oxygens (including phenoxy) is 2. The number of benzene rings is 1. The van der Waals surface area contributed by atoms with Crippen molar-refractivity contribution >= 4 is 23.9 Å². The normalized spacial score (nSPS) is 14.5. The largest absolute Gasteiger partial charge is 0.480 e. The van der Waals surface area contributed by atoms with Gasteiger partial charge in [0.15, 0.2) is 6.04 Å². The van der Waals surface area contributed by atoms with E-state index in [2.05, 4.69) is 10.6 Å². The molecule has 0 aliphatic heterocycles. The highest BCUT2D eigenvalue weighted by molar-refractivity contribution is 5.92. The van der Waals surface area contributed by atoms with E-state index in [0.717, 1.165) is 0 Å². The van der Waals surface area contributed by atoms with Crippen molar-refractivity contribution < 1.29 is 38.9 Å². The fourth-order valence-electron chi connectivity index (χ4n) is 2.58. The summed E-state index contributed by atoms with van der Waals surface area (Å²) < 4.78 is 10.3. The Bertz CT molecular complexity index is 781. The molecule has 3 unspecified atom stereocenters. The topological polar surface area (TPSA) is 151 Å². The number of hydrogen-bond donors (Lipinski definition) is 4. The van der Waals surface area contributed by atoms with Gasteiger partial charge in [0.1, 0.15) is 23.3 Å². The molecule has 32 heavy (non-hydrogen) atoms. The highest BCUT2D eigenvalue weighted by Crippen LogP contribution is 2.17. The van der Waals surface area contributed by atoms with Crippen molar-refractivity contribution in [3.8, 4) is 0 Å². The summed E-state index contributed by atoms with van der Waals surface area (Å²) in [4.78, 5) is 49.0. The van der Waals surface area contributed by atoms with Crippen molar-refractivity contribution in [3.05, 3.63) is 35.9 Å². The van der Waals surface area contributed by atoms with Crippen molar-refractivity contribution in [2.24, 2.45) is 0 Å². The number of aliphatic hydroxyl groups is 1. The maximum absolute atomic E-state index is 12.8. The van der Waals surface area contributed by atoms with Gasteiger partial charge in [-0.15, -0.1) is 0 Å². The minimum atomic E-state index is -1.73. The number of nitrogens with one attached hydrogen (secondary N) is 2. The molecular weight excluding hydrogens is 420 g/mol. The molecule has 1 aromatic carbocycles. The van der Waals surface area contributed by atoms with Crippen LogP contribution in [0.15, 0.2) is 30.3 Å². The van der Waals surface area contributed by atoms with Gasteiger partial charge in [0.05, 0.1) is 6.42 Å². The van der Waals surface area contributed by atoms with Crippen molar-refractivity contribution in [1.82, 2.24) is 10.6 Å². The zero-order valence-electron chi connectivity index (χ0n) is 19.2. The van der Waals surface area contributed by atoms with E-state index in [9.17, 15) is 29.4 Å². The molecule has 178 valence electrons. The summed E-state index contributed by atoms with van der Waals surface area (Å²) in [5.74, 6) is -3.28. The molecule has 0 aromatic heterocycles. The van der Waals surface area contributed by atoms with Crippen LogP contribution in [0.1, 0.15) is 59.6 Å². The minimum absolute atomic E-state index is 0.268. The first-order chi connectivity index (χ1) is 14.6. The Morgan fingerprint density at radius 2 is 1.44 bits per heavy atom. The molecule has 0 bridgehead atoms. The highest BCUT2D eigenvalue weighted by Gasteiger charge is 2.34. The molecule has 0 aliphatic carbocycles. The predicted molar refractivity (Wildman–Crippen MR) is 115 cm³/mol. The maximum Gasteiger partial charge on any atom is 0.408 e. The average molecular weight is 453 g/mol. The second kappa shape index (κ2) is 10.9. The van der Waals surface area contributed by atoms with Gasteiger partial charge in [-0.05, 0) is 47.1 Å². The first-order valence-electron chi connectivity index (χ1n) is 10.1. The fourth-order valence-corrected chi connectivity index (χ4v) is 2.58. The third-order valence-corrected chi connectivity index (χ3v) is 3.82. The Morgan fingerprint density at radius 3 is 1.91 bits per heavy atom. The summed E-state index contributed by atoms with van der Waals surface area (Å²) in [5.41, 5.74) is -1.44. The molecule has 10 heteroatoms. The van der Waals surface area contributed by atoms with Crippen LogP contribution in [0.2, 0.25) is 0 Å².